The zero-order chi connectivity index (χ0) is 24.1. The molecule has 2 heterocycles. The van der Waals surface area contributed by atoms with Crippen LogP contribution in [0.4, 0.5) is 0 Å². The number of nitrogens with one attached hydrogen (secondary N) is 1. The Morgan fingerprint density at radius 3 is 2.50 bits per heavy atom. The summed E-state index contributed by atoms with van der Waals surface area (Å²) >= 11 is 19.0. The van der Waals surface area contributed by atoms with Crippen LogP contribution in [-0.4, -0.2) is 26.1 Å². The van der Waals surface area contributed by atoms with Crippen LogP contribution in [0.15, 0.2) is 54.6 Å². The maximum Gasteiger partial charge on any atom is 0.273 e. The summed E-state index contributed by atoms with van der Waals surface area (Å²) in [5, 5.41) is 19.6. The van der Waals surface area contributed by atoms with Gasteiger partial charge in [-0.2, -0.15) is 5.10 Å². The number of fused-ring (bicyclic) bond motifs is 1. The molecule has 1 amide bonds. The molecule has 3 aromatic carbocycles. The molecule has 172 valence electrons. The van der Waals surface area contributed by atoms with Crippen molar-refractivity contribution in [2.45, 2.75) is 26.4 Å². The third kappa shape index (κ3) is 3.74. The molecule has 0 bridgehead atoms. The number of nitrogens with zero attached hydrogens (tertiary/aromatic N) is 2. The minimum Gasteiger partial charge on any atom is -0.507 e. The number of hydrogen-bond acceptors (Lipinski definition) is 3. The van der Waals surface area contributed by atoms with E-state index in [-0.39, 0.29) is 18.2 Å². The summed E-state index contributed by atoms with van der Waals surface area (Å²) in [6.45, 7) is 4.07. The van der Waals surface area contributed by atoms with Crippen LogP contribution in [0.5, 0.6) is 5.75 Å². The van der Waals surface area contributed by atoms with Gasteiger partial charge < -0.3 is 10.0 Å². The summed E-state index contributed by atoms with van der Waals surface area (Å²) in [5.74, 6) is -0.0848. The summed E-state index contributed by atoms with van der Waals surface area (Å²) in [4.78, 5) is 15.3. The molecule has 5 nitrogen and oxygen atoms in total. The minimum atomic E-state index is -0.512. The van der Waals surface area contributed by atoms with Crippen molar-refractivity contribution in [3.05, 3.63) is 103 Å². The topological polar surface area (TPSA) is 69.2 Å². The molecule has 1 unspecified atom stereocenters. The van der Waals surface area contributed by atoms with Gasteiger partial charge in [0.15, 0.2) is 0 Å². The van der Waals surface area contributed by atoms with Gasteiger partial charge in [0.2, 0.25) is 0 Å². The molecule has 34 heavy (non-hydrogen) atoms. The first-order chi connectivity index (χ1) is 16.3. The number of aromatic hydroxyl groups is 1. The second-order valence-electron chi connectivity index (χ2n) is 8.44. The van der Waals surface area contributed by atoms with Crippen molar-refractivity contribution in [1.82, 2.24) is 15.1 Å². The number of aryl methyl sites for hydroxylation is 2. The third-order valence-electron chi connectivity index (χ3n) is 6.12. The second kappa shape index (κ2) is 8.66. The van der Waals surface area contributed by atoms with E-state index >= 15 is 0 Å². The van der Waals surface area contributed by atoms with E-state index in [4.69, 9.17) is 34.8 Å². The number of benzene rings is 3. The van der Waals surface area contributed by atoms with Crippen molar-refractivity contribution in [3.63, 3.8) is 0 Å². The fourth-order valence-corrected chi connectivity index (χ4v) is 5.05. The molecule has 1 atom stereocenters. The second-order valence-corrected chi connectivity index (χ2v) is 9.66. The monoisotopic (exact) mass is 511 g/mol. The number of hydrogen-bond donors (Lipinski definition) is 2. The standard InChI is InChI=1S/C26H20Cl3N3O2/c1-13-9-14(2)25(33)17(10-13)22-21-23(31-30-22)26(34)32(12-16-5-3-4-6-18(16)27)24(21)15-7-8-19(28)20(29)11-15/h3-11,24,33H,12H2,1-2H3,(H,30,31). The first-order valence-corrected chi connectivity index (χ1v) is 11.8. The molecular formula is C26H20Cl3N3O2. The number of carbonyl (C=O) groups excluding carboxylic acids is 1. The lowest BCUT2D eigenvalue weighted by Crippen LogP contribution is -2.29. The van der Waals surface area contributed by atoms with Gasteiger partial charge in [0, 0.05) is 22.7 Å². The molecule has 0 spiro atoms. The number of phenolic OH excluding ortho intramolecular Hbond substituents is 1. The molecule has 5 rings (SSSR count). The smallest absolute Gasteiger partial charge is 0.273 e. The minimum absolute atomic E-state index is 0.129. The summed E-state index contributed by atoms with van der Waals surface area (Å²) < 4.78 is 0. The van der Waals surface area contributed by atoms with Gasteiger partial charge in [-0.15, -0.1) is 0 Å². The van der Waals surface area contributed by atoms with E-state index in [2.05, 4.69) is 10.2 Å². The van der Waals surface area contributed by atoms with Gasteiger partial charge in [-0.1, -0.05) is 65.1 Å². The van der Waals surface area contributed by atoms with E-state index in [1.54, 1.807) is 23.1 Å². The maximum atomic E-state index is 13.6. The average Bonchev–Trinajstić information content (AvgIpc) is 3.34. The van der Waals surface area contributed by atoms with Gasteiger partial charge >= 0.3 is 0 Å². The predicted molar refractivity (Wildman–Crippen MR) is 135 cm³/mol. The molecule has 4 aromatic rings. The first-order valence-electron chi connectivity index (χ1n) is 10.6. The number of rotatable bonds is 4. The van der Waals surface area contributed by atoms with Crippen LogP contribution in [0.25, 0.3) is 11.3 Å². The molecule has 1 aromatic heterocycles. The highest BCUT2D eigenvalue weighted by molar-refractivity contribution is 6.42. The molecule has 0 fully saturated rings. The zero-order valence-corrected chi connectivity index (χ0v) is 20.6. The third-order valence-corrected chi connectivity index (χ3v) is 7.23. The molecular weight excluding hydrogens is 493 g/mol. The number of aromatic amines is 1. The number of aromatic nitrogens is 2. The number of phenols is 1. The van der Waals surface area contributed by atoms with Crippen LogP contribution >= 0.6 is 34.8 Å². The first kappa shape index (κ1) is 22.8. The Morgan fingerprint density at radius 1 is 1.00 bits per heavy atom. The van der Waals surface area contributed by atoms with Crippen molar-refractivity contribution in [2.75, 3.05) is 0 Å². The summed E-state index contributed by atoms with van der Waals surface area (Å²) in [6.07, 6.45) is 0. The van der Waals surface area contributed by atoms with Crippen LogP contribution in [0.3, 0.4) is 0 Å². The van der Waals surface area contributed by atoms with Gasteiger partial charge in [-0.3, -0.25) is 9.89 Å². The Kier molecular flexibility index (Phi) is 5.80. The van der Waals surface area contributed by atoms with Crippen molar-refractivity contribution in [1.29, 1.82) is 0 Å². The molecule has 0 radical (unpaired) electrons. The molecule has 0 aliphatic carbocycles. The summed E-state index contributed by atoms with van der Waals surface area (Å²) in [5.41, 5.74) is 5.43. The van der Waals surface area contributed by atoms with Gasteiger partial charge in [0.05, 0.1) is 16.1 Å². The largest absolute Gasteiger partial charge is 0.507 e. The molecule has 1 aliphatic heterocycles. The van der Waals surface area contributed by atoms with E-state index < -0.39 is 6.04 Å². The lowest BCUT2D eigenvalue weighted by molar-refractivity contribution is 0.0730. The van der Waals surface area contributed by atoms with Gasteiger partial charge in [-0.05, 0) is 60.4 Å². The summed E-state index contributed by atoms with van der Waals surface area (Å²) in [7, 11) is 0. The Morgan fingerprint density at radius 2 is 1.76 bits per heavy atom. The lowest BCUT2D eigenvalue weighted by Gasteiger charge is -2.27. The maximum absolute atomic E-state index is 13.6. The molecule has 0 saturated heterocycles. The quantitative estimate of drug-likeness (QED) is 0.306. The van der Waals surface area contributed by atoms with Gasteiger partial charge in [-0.25, -0.2) is 0 Å². The van der Waals surface area contributed by atoms with Crippen molar-refractivity contribution in [3.8, 4) is 17.0 Å². The highest BCUT2D eigenvalue weighted by atomic mass is 35.5. The number of carbonyl (C=O) groups is 1. The molecule has 0 saturated carbocycles. The van der Waals surface area contributed by atoms with E-state index in [9.17, 15) is 9.90 Å². The van der Waals surface area contributed by atoms with Crippen LogP contribution in [0.1, 0.15) is 44.3 Å². The highest BCUT2D eigenvalue weighted by Gasteiger charge is 2.43. The number of halogens is 3. The van der Waals surface area contributed by atoms with Gasteiger partial charge in [0.25, 0.3) is 5.91 Å². The van der Waals surface area contributed by atoms with Crippen LogP contribution in [-0.2, 0) is 6.54 Å². The normalized spacial score (nSPS) is 15.1. The number of amides is 1. The van der Waals surface area contributed by atoms with E-state index in [0.29, 0.717) is 37.6 Å². The van der Waals surface area contributed by atoms with Gasteiger partial charge in [0.1, 0.15) is 17.1 Å². The molecule has 2 N–H and O–H groups in total. The Bertz CT molecular complexity index is 1450. The van der Waals surface area contributed by atoms with Crippen LogP contribution in [0, 0.1) is 13.8 Å². The molecule has 1 aliphatic rings. The van der Waals surface area contributed by atoms with Crippen molar-refractivity contribution < 1.29 is 9.90 Å². The SMILES string of the molecule is Cc1cc(C)c(O)c(-c2n[nH]c3c2C(c2ccc(Cl)c(Cl)c2)N(Cc2ccccc2Cl)C3=O)c1. The Hall–Kier alpha value is -2.99. The van der Waals surface area contributed by atoms with E-state index in [0.717, 1.165) is 22.3 Å². The van der Waals surface area contributed by atoms with Crippen LogP contribution < -0.4 is 0 Å². The zero-order valence-electron chi connectivity index (χ0n) is 18.4. The van der Waals surface area contributed by atoms with E-state index in [1.165, 1.54) is 0 Å². The van der Waals surface area contributed by atoms with E-state index in [1.807, 2.05) is 50.2 Å². The molecule has 8 heteroatoms. The Labute approximate surface area is 211 Å². The van der Waals surface area contributed by atoms with Crippen LogP contribution in [0.2, 0.25) is 15.1 Å². The lowest BCUT2D eigenvalue weighted by atomic mass is 9.94. The summed E-state index contributed by atoms with van der Waals surface area (Å²) in [6, 6.07) is 16.0. The predicted octanol–water partition coefficient (Wildman–Crippen LogP) is 7.10. The fraction of sp³-hybridized carbons (Fsp3) is 0.154. The fourth-order valence-electron chi connectivity index (χ4n) is 4.54. The van der Waals surface area contributed by atoms with Crippen molar-refractivity contribution >= 4 is 40.7 Å². The van der Waals surface area contributed by atoms with Crippen molar-refractivity contribution in [2.24, 2.45) is 0 Å². The number of H-pyrrole nitrogens is 1. The average molecular weight is 513 g/mol. The highest BCUT2D eigenvalue weighted by Crippen LogP contribution is 2.46. The Balaban J connectivity index is 1.71.